The van der Waals surface area contributed by atoms with E-state index >= 15 is 0 Å². The lowest BCUT2D eigenvalue weighted by Crippen LogP contribution is -2.25. The third-order valence-electron chi connectivity index (χ3n) is 4.10. The normalized spacial score (nSPS) is 12.0. The van der Waals surface area contributed by atoms with Gasteiger partial charge in [-0.1, -0.05) is 6.07 Å². The van der Waals surface area contributed by atoms with Crippen LogP contribution in [0.3, 0.4) is 0 Å². The second kappa shape index (κ2) is 7.04. The maximum Gasteiger partial charge on any atom is 0.240 e. The van der Waals surface area contributed by atoms with Crippen LogP contribution in [0, 0.1) is 6.92 Å². The number of thiophene rings is 1. The molecule has 10 heteroatoms. The first kappa shape index (κ1) is 18.1. The number of H-pyrrole nitrogens is 1. The fraction of sp³-hybridized carbons (Fsp3) is 0.176. The third kappa shape index (κ3) is 3.61. The maximum atomic E-state index is 12.6. The van der Waals surface area contributed by atoms with Crippen LogP contribution in [-0.2, 0) is 16.4 Å². The van der Waals surface area contributed by atoms with Crippen molar-refractivity contribution >= 4 is 48.7 Å². The summed E-state index contributed by atoms with van der Waals surface area (Å²) in [6.07, 6.45) is 0.670. The van der Waals surface area contributed by atoms with Crippen LogP contribution in [0.15, 0.2) is 40.6 Å². The molecule has 0 aliphatic rings. The van der Waals surface area contributed by atoms with E-state index in [2.05, 4.69) is 19.9 Å². The van der Waals surface area contributed by atoms with Crippen molar-refractivity contribution < 1.29 is 8.42 Å². The van der Waals surface area contributed by atoms with Crippen molar-refractivity contribution in [1.29, 1.82) is 0 Å². The fourth-order valence-electron chi connectivity index (χ4n) is 2.75. The molecule has 4 rings (SSSR count). The number of hydrogen-bond donors (Lipinski definition) is 3. The summed E-state index contributed by atoms with van der Waals surface area (Å²) in [5, 5.41) is 9.52. The first-order valence-corrected chi connectivity index (χ1v) is 11.4. The number of thiazole rings is 1. The number of nitrogens with one attached hydrogen (secondary N) is 2. The fourth-order valence-corrected chi connectivity index (χ4v) is 5.70. The Labute approximate surface area is 164 Å². The second-order valence-electron chi connectivity index (χ2n) is 5.97. The molecule has 3 heterocycles. The average Bonchev–Trinajstić information content (AvgIpc) is 3.34. The molecule has 0 fully saturated rings. The topological polar surface area (TPSA) is 114 Å². The number of hydrogen-bond acceptors (Lipinski definition) is 7. The highest BCUT2D eigenvalue weighted by atomic mass is 32.2. The van der Waals surface area contributed by atoms with E-state index in [0.717, 1.165) is 26.4 Å². The molecule has 0 amide bonds. The van der Waals surface area contributed by atoms with E-state index in [4.69, 9.17) is 5.73 Å². The van der Waals surface area contributed by atoms with Gasteiger partial charge in [0.05, 0.1) is 26.4 Å². The molecule has 27 heavy (non-hydrogen) atoms. The lowest BCUT2D eigenvalue weighted by atomic mass is 10.2. The van der Waals surface area contributed by atoms with E-state index in [-0.39, 0.29) is 4.90 Å². The predicted octanol–water partition coefficient (Wildman–Crippen LogP) is 3.16. The Morgan fingerprint density at radius 2 is 2.15 bits per heavy atom. The molecular weight excluding hydrogens is 402 g/mol. The molecule has 0 saturated carbocycles. The molecule has 0 bridgehead atoms. The Kier molecular flexibility index (Phi) is 4.72. The zero-order valence-corrected chi connectivity index (χ0v) is 16.8. The molecule has 140 valence electrons. The van der Waals surface area contributed by atoms with E-state index < -0.39 is 10.0 Å². The molecular formula is C17H17N5O2S3. The molecule has 0 unspecified atom stereocenters. The summed E-state index contributed by atoms with van der Waals surface area (Å²) in [6, 6.07) is 8.89. The molecule has 0 aliphatic carbocycles. The van der Waals surface area contributed by atoms with Crippen molar-refractivity contribution in [2.24, 2.45) is 0 Å². The summed E-state index contributed by atoms with van der Waals surface area (Å²) in [7, 11) is -3.58. The van der Waals surface area contributed by atoms with Gasteiger partial charge in [0.1, 0.15) is 10.8 Å². The Balaban J connectivity index is 1.59. The molecule has 1 aromatic carbocycles. The largest absolute Gasteiger partial charge is 0.383 e. The second-order valence-corrected chi connectivity index (χ2v) is 9.80. The van der Waals surface area contributed by atoms with Gasteiger partial charge in [0.25, 0.3) is 0 Å². The van der Waals surface area contributed by atoms with Crippen molar-refractivity contribution in [1.82, 2.24) is 19.9 Å². The number of nitrogen functional groups attached to an aromatic ring is 1. The van der Waals surface area contributed by atoms with Gasteiger partial charge in [-0.3, -0.25) is 5.10 Å². The highest BCUT2D eigenvalue weighted by Crippen LogP contribution is 2.35. The van der Waals surface area contributed by atoms with Crippen LogP contribution in [-0.4, -0.2) is 30.1 Å². The zero-order valence-electron chi connectivity index (χ0n) is 14.4. The number of sulfonamides is 1. The predicted molar refractivity (Wildman–Crippen MR) is 110 cm³/mol. The van der Waals surface area contributed by atoms with E-state index in [1.54, 1.807) is 29.5 Å². The maximum absolute atomic E-state index is 12.6. The minimum Gasteiger partial charge on any atom is -0.383 e. The Hall–Kier alpha value is -2.27. The third-order valence-corrected chi connectivity index (χ3v) is 7.53. The summed E-state index contributed by atoms with van der Waals surface area (Å²) < 4.78 is 28.6. The van der Waals surface area contributed by atoms with Crippen molar-refractivity contribution in [2.45, 2.75) is 18.2 Å². The van der Waals surface area contributed by atoms with Crippen molar-refractivity contribution in [3.05, 3.63) is 46.3 Å². The lowest BCUT2D eigenvalue weighted by Gasteiger charge is -2.06. The van der Waals surface area contributed by atoms with Crippen LogP contribution in [0.2, 0.25) is 0 Å². The molecule has 0 spiro atoms. The molecule has 0 aliphatic heterocycles. The summed E-state index contributed by atoms with van der Waals surface area (Å²) in [4.78, 5) is 5.94. The first-order chi connectivity index (χ1) is 12.9. The Morgan fingerprint density at radius 3 is 2.85 bits per heavy atom. The summed E-state index contributed by atoms with van der Waals surface area (Å²) in [5.74, 6) is 0.453. The monoisotopic (exact) mass is 419 g/mol. The van der Waals surface area contributed by atoms with Crippen LogP contribution in [0.1, 0.15) is 10.6 Å². The number of rotatable bonds is 6. The SMILES string of the molecule is Cc1n[nH]c(N)c1-c1nc2ccc(S(=O)(=O)NCCc3cccs3)cc2s1. The van der Waals surface area contributed by atoms with E-state index in [1.807, 2.05) is 24.4 Å². The van der Waals surface area contributed by atoms with Gasteiger partial charge in [-0.25, -0.2) is 18.1 Å². The molecule has 7 nitrogen and oxygen atoms in total. The molecule has 0 saturated heterocycles. The number of nitrogens with two attached hydrogens (primary N) is 1. The molecule has 0 atom stereocenters. The summed E-state index contributed by atoms with van der Waals surface area (Å²) in [5.41, 5.74) is 8.18. The van der Waals surface area contributed by atoms with Crippen LogP contribution in [0.25, 0.3) is 20.8 Å². The number of nitrogens with zero attached hydrogens (tertiary/aromatic N) is 2. The standard InChI is InChI=1S/C17H17N5O2S3/c1-10-15(16(18)22-21-10)17-20-13-5-4-12(9-14(13)26-17)27(23,24)19-7-6-11-3-2-8-25-11/h2-5,8-9,19H,6-7H2,1H3,(H3,18,21,22). The smallest absolute Gasteiger partial charge is 0.240 e. The van der Waals surface area contributed by atoms with Gasteiger partial charge in [-0.05, 0) is 43.0 Å². The van der Waals surface area contributed by atoms with Gasteiger partial charge < -0.3 is 5.73 Å². The van der Waals surface area contributed by atoms with Crippen molar-refractivity contribution in [3.63, 3.8) is 0 Å². The quantitative estimate of drug-likeness (QED) is 0.444. The molecule has 4 N–H and O–H groups in total. The van der Waals surface area contributed by atoms with E-state index in [9.17, 15) is 8.42 Å². The van der Waals surface area contributed by atoms with Crippen LogP contribution < -0.4 is 10.5 Å². The number of aryl methyl sites for hydroxylation is 1. The van der Waals surface area contributed by atoms with Gasteiger partial charge in [0, 0.05) is 11.4 Å². The van der Waals surface area contributed by atoms with Gasteiger partial charge in [0.15, 0.2) is 0 Å². The summed E-state index contributed by atoms with van der Waals surface area (Å²) >= 11 is 3.01. The van der Waals surface area contributed by atoms with Gasteiger partial charge in [-0.15, -0.1) is 22.7 Å². The number of aromatic amines is 1. The highest BCUT2D eigenvalue weighted by Gasteiger charge is 2.18. The first-order valence-electron chi connectivity index (χ1n) is 8.17. The number of benzene rings is 1. The van der Waals surface area contributed by atoms with Gasteiger partial charge in [0.2, 0.25) is 10.0 Å². The van der Waals surface area contributed by atoms with Gasteiger partial charge >= 0.3 is 0 Å². The Bertz CT molecular complexity index is 1170. The zero-order chi connectivity index (χ0) is 19.0. The minimum atomic E-state index is -3.58. The minimum absolute atomic E-state index is 0.230. The molecule has 4 aromatic rings. The number of aromatic nitrogens is 3. The van der Waals surface area contributed by atoms with E-state index in [0.29, 0.717) is 23.8 Å². The Morgan fingerprint density at radius 1 is 1.30 bits per heavy atom. The van der Waals surface area contributed by atoms with Crippen LogP contribution in [0.4, 0.5) is 5.82 Å². The average molecular weight is 420 g/mol. The number of anilines is 1. The van der Waals surface area contributed by atoms with Gasteiger partial charge in [-0.2, -0.15) is 5.10 Å². The van der Waals surface area contributed by atoms with Crippen LogP contribution >= 0.6 is 22.7 Å². The van der Waals surface area contributed by atoms with Crippen molar-refractivity contribution in [2.75, 3.05) is 12.3 Å². The lowest BCUT2D eigenvalue weighted by molar-refractivity contribution is 0.582. The van der Waals surface area contributed by atoms with Crippen molar-refractivity contribution in [3.8, 4) is 10.6 Å². The molecule has 0 radical (unpaired) electrons. The van der Waals surface area contributed by atoms with E-state index in [1.165, 1.54) is 11.3 Å². The molecule has 3 aromatic heterocycles. The summed E-state index contributed by atoms with van der Waals surface area (Å²) in [6.45, 7) is 2.21. The number of fused-ring (bicyclic) bond motifs is 1. The highest BCUT2D eigenvalue weighted by molar-refractivity contribution is 7.89. The van der Waals surface area contributed by atoms with Crippen LogP contribution in [0.5, 0.6) is 0 Å².